The van der Waals surface area contributed by atoms with Crippen LogP contribution in [0.25, 0.3) is 0 Å². The first kappa shape index (κ1) is 19.5. The Morgan fingerprint density at radius 2 is 2.07 bits per heavy atom. The number of rotatable bonds is 5. The smallest absolute Gasteiger partial charge is 0.407 e. The molecule has 5 rings (SSSR count). The van der Waals surface area contributed by atoms with E-state index in [2.05, 4.69) is 41.7 Å². The summed E-state index contributed by atoms with van der Waals surface area (Å²) in [7, 11) is 1.76. The van der Waals surface area contributed by atoms with Crippen molar-refractivity contribution in [3.63, 3.8) is 0 Å². The first-order valence-corrected chi connectivity index (χ1v) is 11.3. The number of nitrogens with one attached hydrogen (secondary N) is 1. The summed E-state index contributed by atoms with van der Waals surface area (Å²) in [5.41, 5.74) is 5.70. The van der Waals surface area contributed by atoms with E-state index in [1.54, 1.807) is 7.11 Å². The van der Waals surface area contributed by atoms with Crippen LogP contribution >= 0.6 is 0 Å². The Morgan fingerprint density at radius 1 is 1.17 bits per heavy atom. The number of benzene rings is 2. The van der Waals surface area contributed by atoms with Crippen molar-refractivity contribution in [3.05, 3.63) is 64.7 Å². The second kappa shape index (κ2) is 7.98. The number of cyclic esters (lactones) is 1. The van der Waals surface area contributed by atoms with Crippen LogP contribution in [0.5, 0.6) is 5.75 Å². The first-order chi connectivity index (χ1) is 14.6. The Kier molecular flexibility index (Phi) is 5.18. The van der Waals surface area contributed by atoms with E-state index in [0.29, 0.717) is 12.5 Å². The van der Waals surface area contributed by atoms with E-state index in [4.69, 9.17) is 9.47 Å². The van der Waals surface area contributed by atoms with Gasteiger partial charge in [-0.3, -0.25) is 0 Å². The number of alkyl carbamates (subject to hydrolysis) is 1. The Hall–Kier alpha value is -2.49. The molecule has 1 N–H and O–H groups in total. The molecule has 1 amide bonds. The van der Waals surface area contributed by atoms with Gasteiger partial charge in [-0.1, -0.05) is 36.4 Å². The second-order valence-corrected chi connectivity index (χ2v) is 9.41. The van der Waals surface area contributed by atoms with Crippen LogP contribution in [0, 0.1) is 5.92 Å². The predicted octanol–water partition coefficient (Wildman–Crippen LogP) is 5.18. The molecule has 30 heavy (non-hydrogen) atoms. The molecule has 2 aliphatic carbocycles. The average Bonchev–Trinajstić information content (AvgIpc) is 3.37. The van der Waals surface area contributed by atoms with Crippen LogP contribution in [0.4, 0.5) is 4.79 Å². The largest absolute Gasteiger partial charge is 0.496 e. The fourth-order valence-corrected chi connectivity index (χ4v) is 5.77. The van der Waals surface area contributed by atoms with Gasteiger partial charge in [0.1, 0.15) is 12.4 Å². The molecule has 1 heterocycles. The van der Waals surface area contributed by atoms with Gasteiger partial charge in [0.15, 0.2) is 0 Å². The number of carbonyl (C=O) groups is 1. The van der Waals surface area contributed by atoms with Gasteiger partial charge >= 0.3 is 6.09 Å². The zero-order valence-electron chi connectivity index (χ0n) is 17.8. The Bertz CT molecular complexity index is 940. The van der Waals surface area contributed by atoms with Crippen LogP contribution in [-0.4, -0.2) is 25.3 Å². The molecular weight excluding hydrogens is 374 g/mol. The third-order valence-electron chi connectivity index (χ3n) is 7.50. The van der Waals surface area contributed by atoms with Crippen molar-refractivity contribution >= 4 is 6.09 Å². The lowest BCUT2D eigenvalue weighted by molar-refractivity contribution is 0.172. The van der Waals surface area contributed by atoms with E-state index in [1.165, 1.54) is 47.9 Å². The Balaban J connectivity index is 1.22. The highest BCUT2D eigenvalue weighted by molar-refractivity contribution is 5.70. The Labute approximate surface area is 179 Å². The third kappa shape index (κ3) is 3.80. The highest BCUT2D eigenvalue weighted by atomic mass is 16.6. The van der Waals surface area contributed by atoms with E-state index in [-0.39, 0.29) is 11.6 Å². The van der Waals surface area contributed by atoms with Gasteiger partial charge in [0.05, 0.1) is 12.6 Å². The van der Waals surface area contributed by atoms with Gasteiger partial charge in [0.2, 0.25) is 0 Å². The number of ether oxygens (including phenoxy) is 2. The molecule has 1 saturated heterocycles. The highest BCUT2D eigenvalue weighted by Crippen LogP contribution is 2.43. The quantitative estimate of drug-likeness (QED) is 0.746. The van der Waals surface area contributed by atoms with Crippen LogP contribution in [-0.2, 0) is 24.0 Å². The summed E-state index contributed by atoms with van der Waals surface area (Å²) < 4.78 is 10.7. The number of hydrogen-bond acceptors (Lipinski definition) is 3. The standard InChI is InChI=1S/C26H31NO3/c1-29-24-5-3-2-4-19(24)8-6-18-7-9-21-15-22(11-10-20(21)14-18)23-12-13-26(16-23)17-30-25(28)27-26/h2-5,10-11,15,18,23H,6-9,12-14,16-17H2,1H3,(H,27,28)/t18-,23+,26-/m1/s1. The summed E-state index contributed by atoms with van der Waals surface area (Å²) in [5, 5.41) is 3.06. The molecule has 1 aliphatic heterocycles. The predicted molar refractivity (Wildman–Crippen MR) is 117 cm³/mol. The first-order valence-electron chi connectivity index (χ1n) is 11.3. The molecule has 0 bridgehead atoms. The summed E-state index contributed by atoms with van der Waals surface area (Å²) in [5.74, 6) is 2.28. The second-order valence-electron chi connectivity index (χ2n) is 9.41. The molecular formula is C26H31NO3. The lowest BCUT2D eigenvalue weighted by atomic mass is 9.79. The fourth-order valence-electron chi connectivity index (χ4n) is 5.77. The van der Waals surface area contributed by atoms with Gasteiger partial charge in [-0.05, 0) is 91.5 Å². The summed E-state index contributed by atoms with van der Waals surface area (Å²) in [6, 6.07) is 15.5. The number of hydrogen-bond donors (Lipinski definition) is 1. The van der Waals surface area contributed by atoms with Crippen molar-refractivity contribution in [2.45, 2.75) is 62.8 Å². The monoisotopic (exact) mass is 405 g/mol. The lowest BCUT2D eigenvalue weighted by Crippen LogP contribution is -2.40. The maximum Gasteiger partial charge on any atom is 0.407 e. The lowest BCUT2D eigenvalue weighted by Gasteiger charge is -2.26. The molecule has 3 atom stereocenters. The topological polar surface area (TPSA) is 47.6 Å². The zero-order valence-corrected chi connectivity index (χ0v) is 17.8. The van der Waals surface area contributed by atoms with Gasteiger partial charge < -0.3 is 14.8 Å². The average molecular weight is 406 g/mol. The highest BCUT2D eigenvalue weighted by Gasteiger charge is 2.46. The van der Waals surface area contributed by atoms with Gasteiger partial charge in [-0.25, -0.2) is 4.79 Å². The molecule has 4 nitrogen and oxygen atoms in total. The van der Waals surface area contributed by atoms with Crippen LogP contribution in [0.2, 0.25) is 0 Å². The van der Waals surface area contributed by atoms with Crippen molar-refractivity contribution in [2.24, 2.45) is 5.92 Å². The molecule has 2 aromatic carbocycles. The SMILES string of the molecule is COc1ccccc1CC[C@@H]1CCc2cc([C@H]3CC[C@]4(COC(=O)N4)C3)ccc2C1. The minimum atomic E-state index is -0.250. The maximum absolute atomic E-state index is 11.5. The van der Waals surface area contributed by atoms with Crippen molar-refractivity contribution < 1.29 is 14.3 Å². The van der Waals surface area contributed by atoms with E-state index >= 15 is 0 Å². The molecule has 0 aromatic heterocycles. The van der Waals surface area contributed by atoms with E-state index < -0.39 is 0 Å². The fraction of sp³-hybridized carbons (Fsp3) is 0.500. The van der Waals surface area contributed by atoms with Gasteiger partial charge in [-0.2, -0.15) is 0 Å². The molecule has 158 valence electrons. The van der Waals surface area contributed by atoms with E-state index in [1.807, 2.05) is 6.07 Å². The van der Waals surface area contributed by atoms with Crippen LogP contribution in [0.3, 0.4) is 0 Å². The van der Waals surface area contributed by atoms with Gasteiger partial charge in [0.25, 0.3) is 0 Å². The number of methoxy groups -OCH3 is 1. The van der Waals surface area contributed by atoms with Crippen molar-refractivity contribution in [1.82, 2.24) is 5.32 Å². The molecule has 4 heteroatoms. The summed E-state index contributed by atoms with van der Waals surface area (Å²) in [4.78, 5) is 11.5. The van der Waals surface area contributed by atoms with Crippen molar-refractivity contribution in [1.29, 1.82) is 0 Å². The summed E-state index contributed by atoms with van der Waals surface area (Å²) in [6.45, 7) is 0.529. The maximum atomic E-state index is 11.5. The minimum absolute atomic E-state index is 0.124. The van der Waals surface area contributed by atoms with Crippen LogP contribution in [0.1, 0.15) is 60.3 Å². The number of aryl methyl sites for hydroxylation is 2. The zero-order chi connectivity index (χ0) is 20.6. The number of para-hydroxylation sites is 1. The molecule has 0 unspecified atom stereocenters. The van der Waals surface area contributed by atoms with Crippen molar-refractivity contribution in [3.8, 4) is 5.75 Å². The molecule has 1 saturated carbocycles. The molecule has 3 aliphatic rings. The molecule has 2 fully saturated rings. The number of carbonyl (C=O) groups excluding carboxylic acids is 1. The van der Waals surface area contributed by atoms with Crippen LogP contribution < -0.4 is 10.1 Å². The van der Waals surface area contributed by atoms with Gasteiger partial charge in [0, 0.05) is 0 Å². The summed E-state index contributed by atoms with van der Waals surface area (Å²) >= 11 is 0. The number of fused-ring (bicyclic) bond motifs is 1. The van der Waals surface area contributed by atoms with E-state index in [9.17, 15) is 4.79 Å². The minimum Gasteiger partial charge on any atom is -0.496 e. The Morgan fingerprint density at radius 3 is 2.90 bits per heavy atom. The normalized spacial score (nSPS) is 27.6. The van der Waals surface area contributed by atoms with Gasteiger partial charge in [-0.15, -0.1) is 0 Å². The molecule has 1 spiro atoms. The molecule has 0 radical (unpaired) electrons. The van der Waals surface area contributed by atoms with E-state index in [0.717, 1.165) is 37.4 Å². The summed E-state index contributed by atoms with van der Waals surface area (Å²) in [6.07, 6.45) is 8.83. The third-order valence-corrected chi connectivity index (χ3v) is 7.50. The van der Waals surface area contributed by atoms with Crippen LogP contribution in [0.15, 0.2) is 42.5 Å². The number of amides is 1. The van der Waals surface area contributed by atoms with Crippen molar-refractivity contribution in [2.75, 3.05) is 13.7 Å². The molecule has 2 aromatic rings.